The second-order valence-electron chi connectivity index (χ2n) is 3.94. The van der Waals surface area contributed by atoms with Crippen LogP contribution in [0.5, 0.6) is 0 Å². The van der Waals surface area contributed by atoms with Crippen LogP contribution < -0.4 is 0 Å². The molecule has 81 valence electrons. The van der Waals surface area contributed by atoms with E-state index in [1.165, 1.54) is 51.4 Å². The molecule has 0 spiro atoms. The molecule has 0 atom stereocenters. The smallest absolute Gasteiger partial charge is 0.0621 e. The molecule has 0 bridgehead atoms. The summed E-state index contributed by atoms with van der Waals surface area (Å²) in [4.78, 5) is 0. The molecule has 0 rings (SSSR count). The van der Waals surface area contributed by atoms with E-state index >= 15 is 0 Å². The molecular weight excluding hydrogens is 170 g/mol. The lowest BCUT2D eigenvalue weighted by Crippen LogP contribution is -1.81. The Morgan fingerprint density at radius 1 is 0.714 bits per heavy atom. The molecule has 0 saturated heterocycles. The highest BCUT2D eigenvalue weighted by Gasteiger charge is 1.91. The van der Waals surface area contributed by atoms with Crippen molar-refractivity contribution in [1.29, 1.82) is 5.26 Å². The van der Waals surface area contributed by atoms with E-state index in [2.05, 4.69) is 13.0 Å². The van der Waals surface area contributed by atoms with Gasteiger partial charge < -0.3 is 0 Å². The summed E-state index contributed by atoms with van der Waals surface area (Å²) < 4.78 is 0. The Labute approximate surface area is 89.5 Å². The van der Waals surface area contributed by atoms with Crippen LogP contribution in [0.3, 0.4) is 0 Å². The summed E-state index contributed by atoms with van der Waals surface area (Å²) in [5.74, 6) is 0. The summed E-state index contributed by atoms with van der Waals surface area (Å²) in [5.41, 5.74) is 0. The lowest BCUT2D eigenvalue weighted by atomic mass is 10.1. The van der Waals surface area contributed by atoms with Gasteiger partial charge in [0, 0.05) is 6.42 Å². The monoisotopic (exact) mass is 194 g/mol. The lowest BCUT2D eigenvalue weighted by molar-refractivity contribution is 0.562. The summed E-state index contributed by atoms with van der Waals surface area (Å²) in [7, 11) is 0. The van der Waals surface area contributed by atoms with E-state index < -0.39 is 0 Å². The van der Waals surface area contributed by atoms with E-state index in [0.717, 1.165) is 19.3 Å². The van der Waals surface area contributed by atoms with Crippen LogP contribution in [0.25, 0.3) is 0 Å². The molecule has 0 aromatic carbocycles. The van der Waals surface area contributed by atoms with E-state index in [1.807, 2.05) is 0 Å². The van der Waals surface area contributed by atoms with Gasteiger partial charge in [0.25, 0.3) is 0 Å². The third-order valence-corrected chi connectivity index (χ3v) is 2.54. The van der Waals surface area contributed by atoms with E-state index in [-0.39, 0.29) is 0 Å². The van der Waals surface area contributed by atoms with Crippen LogP contribution in [0.2, 0.25) is 0 Å². The first-order valence-electron chi connectivity index (χ1n) is 6.08. The van der Waals surface area contributed by atoms with Gasteiger partial charge in [-0.05, 0) is 6.42 Å². The van der Waals surface area contributed by atoms with Crippen molar-refractivity contribution in [2.24, 2.45) is 0 Å². The number of nitrogens with zero attached hydrogens (tertiary/aromatic N) is 1. The standard InChI is InChI=1S/C13H24N/c1-2-3-4-5-6-7-8-9-10-11-12-13-14/h1-12H2. The average Bonchev–Trinajstić information content (AvgIpc) is 2.21. The Bertz CT molecular complexity index is 135. The molecule has 1 heteroatoms. The van der Waals surface area contributed by atoms with Crippen molar-refractivity contribution >= 4 is 0 Å². The Morgan fingerprint density at radius 2 is 1.14 bits per heavy atom. The molecule has 0 amide bonds. The number of unbranched alkanes of at least 4 members (excludes halogenated alkanes) is 10. The average molecular weight is 194 g/mol. The minimum absolute atomic E-state index is 0.740. The van der Waals surface area contributed by atoms with Crippen molar-refractivity contribution < 1.29 is 0 Å². The molecule has 0 aliphatic carbocycles. The molecule has 0 aliphatic heterocycles. The number of rotatable bonds is 10. The van der Waals surface area contributed by atoms with Gasteiger partial charge in [0.15, 0.2) is 0 Å². The zero-order chi connectivity index (χ0) is 10.5. The predicted molar refractivity (Wildman–Crippen MR) is 61.8 cm³/mol. The van der Waals surface area contributed by atoms with Crippen LogP contribution in [0.15, 0.2) is 0 Å². The maximum atomic E-state index is 8.33. The number of hydrogen-bond acceptors (Lipinski definition) is 1. The largest absolute Gasteiger partial charge is 0.198 e. The maximum Gasteiger partial charge on any atom is 0.0621 e. The fraction of sp³-hybridized carbons (Fsp3) is 0.846. The number of hydrogen-bond donors (Lipinski definition) is 0. The molecule has 0 aliphatic rings. The van der Waals surface area contributed by atoms with E-state index in [4.69, 9.17) is 5.26 Å². The van der Waals surface area contributed by atoms with Crippen molar-refractivity contribution in [3.05, 3.63) is 6.92 Å². The van der Waals surface area contributed by atoms with Crippen LogP contribution in [0.4, 0.5) is 0 Å². The highest BCUT2D eigenvalue weighted by atomic mass is 14.2. The van der Waals surface area contributed by atoms with Gasteiger partial charge in [-0.3, -0.25) is 0 Å². The Balaban J connectivity index is 2.82. The fourth-order valence-electron chi connectivity index (χ4n) is 1.62. The van der Waals surface area contributed by atoms with Crippen LogP contribution in [0.1, 0.15) is 70.6 Å². The van der Waals surface area contributed by atoms with Crippen molar-refractivity contribution in [3.8, 4) is 6.07 Å². The van der Waals surface area contributed by atoms with Gasteiger partial charge in [-0.15, -0.1) is 0 Å². The molecule has 1 nitrogen and oxygen atoms in total. The van der Waals surface area contributed by atoms with Crippen molar-refractivity contribution in [3.63, 3.8) is 0 Å². The summed E-state index contributed by atoms with van der Waals surface area (Å²) in [6.07, 6.45) is 13.6. The summed E-state index contributed by atoms with van der Waals surface area (Å²) in [6.45, 7) is 3.84. The van der Waals surface area contributed by atoms with E-state index in [1.54, 1.807) is 0 Å². The molecule has 0 unspecified atom stereocenters. The quantitative estimate of drug-likeness (QED) is 0.465. The molecule has 0 saturated carbocycles. The van der Waals surface area contributed by atoms with Crippen molar-refractivity contribution in [1.82, 2.24) is 0 Å². The molecule has 0 aromatic heterocycles. The second kappa shape index (κ2) is 12.5. The van der Waals surface area contributed by atoms with Crippen LogP contribution in [-0.4, -0.2) is 0 Å². The van der Waals surface area contributed by atoms with Crippen molar-refractivity contribution in [2.45, 2.75) is 70.6 Å². The van der Waals surface area contributed by atoms with Gasteiger partial charge in [0.05, 0.1) is 6.07 Å². The SMILES string of the molecule is [CH2]CCCCCCCCCCCC#N. The zero-order valence-corrected chi connectivity index (χ0v) is 9.43. The zero-order valence-electron chi connectivity index (χ0n) is 9.43. The topological polar surface area (TPSA) is 23.8 Å². The molecular formula is C13H24N. The molecule has 1 radical (unpaired) electrons. The first kappa shape index (κ1) is 13.5. The van der Waals surface area contributed by atoms with Gasteiger partial charge in [-0.1, -0.05) is 64.7 Å². The highest BCUT2D eigenvalue weighted by Crippen LogP contribution is 2.10. The minimum atomic E-state index is 0.740. The Morgan fingerprint density at radius 3 is 1.57 bits per heavy atom. The van der Waals surface area contributed by atoms with E-state index in [0.29, 0.717) is 0 Å². The van der Waals surface area contributed by atoms with Gasteiger partial charge in [-0.2, -0.15) is 5.26 Å². The Kier molecular flexibility index (Phi) is 12.0. The van der Waals surface area contributed by atoms with Crippen molar-refractivity contribution in [2.75, 3.05) is 0 Å². The molecule has 14 heavy (non-hydrogen) atoms. The van der Waals surface area contributed by atoms with Crippen LogP contribution in [0, 0.1) is 18.3 Å². The van der Waals surface area contributed by atoms with Gasteiger partial charge >= 0.3 is 0 Å². The van der Waals surface area contributed by atoms with Crippen LogP contribution in [-0.2, 0) is 0 Å². The molecule has 0 fully saturated rings. The summed E-state index contributed by atoms with van der Waals surface area (Å²) in [5, 5.41) is 8.33. The Hall–Kier alpha value is -0.510. The van der Waals surface area contributed by atoms with Gasteiger partial charge in [0.1, 0.15) is 0 Å². The third kappa shape index (κ3) is 11.5. The first-order valence-corrected chi connectivity index (χ1v) is 6.08. The second-order valence-corrected chi connectivity index (χ2v) is 3.94. The van der Waals surface area contributed by atoms with E-state index in [9.17, 15) is 0 Å². The molecule has 0 heterocycles. The predicted octanol–water partition coefficient (Wildman–Crippen LogP) is 4.64. The maximum absolute atomic E-state index is 8.33. The van der Waals surface area contributed by atoms with Gasteiger partial charge in [0.2, 0.25) is 0 Å². The fourth-order valence-corrected chi connectivity index (χ4v) is 1.62. The summed E-state index contributed by atoms with van der Waals surface area (Å²) >= 11 is 0. The lowest BCUT2D eigenvalue weighted by Gasteiger charge is -2.00. The highest BCUT2D eigenvalue weighted by molar-refractivity contribution is 4.67. The third-order valence-electron chi connectivity index (χ3n) is 2.54. The van der Waals surface area contributed by atoms with Crippen LogP contribution >= 0.6 is 0 Å². The molecule has 0 aromatic rings. The first-order chi connectivity index (χ1) is 6.91. The summed E-state index contributed by atoms with van der Waals surface area (Å²) in [6, 6.07) is 2.19. The molecule has 0 N–H and O–H groups in total. The normalized spacial score (nSPS) is 10.0. The minimum Gasteiger partial charge on any atom is -0.198 e. The van der Waals surface area contributed by atoms with Gasteiger partial charge in [-0.25, -0.2) is 0 Å². The number of nitriles is 1.